The molecule has 1 aliphatic carbocycles. The molecule has 11 heteroatoms. The van der Waals surface area contributed by atoms with Crippen molar-refractivity contribution in [2.45, 2.75) is 37.5 Å². The zero-order valence-corrected chi connectivity index (χ0v) is 20.9. The van der Waals surface area contributed by atoms with Gasteiger partial charge in [-0.1, -0.05) is 0 Å². The second kappa shape index (κ2) is 10.5. The van der Waals surface area contributed by atoms with Crippen LogP contribution in [0.25, 0.3) is 0 Å². The summed E-state index contributed by atoms with van der Waals surface area (Å²) in [6.45, 7) is 2.45. The topological polar surface area (TPSA) is 117 Å². The van der Waals surface area contributed by atoms with Gasteiger partial charge in [0.1, 0.15) is 5.00 Å². The number of methoxy groups -OCH3 is 1. The van der Waals surface area contributed by atoms with Crippen molar-refractivity contribution in [1.29, 1.82) is 0 Å². The molecule has 0 saturated carbocycles. The Bertz CT molecular complexity index is 1140. The standard InChI is InChI=1S/C22H30N4O5S2/c1-5-23-16-11-10-14(33(29,30)26(2)3)12-17(16)24-13-19(27)25-21-20(22(28)31-4)15-8-6-7-9-18(15)32-21/h10-12,23-24H,5-9,13H2,1-4H3,(H,25,27). The van der Waals surface area contributed by atoms with Gasteiger partial charge in [0.2, 0.25) is 15.9 Å². The van der Waals surface area contributed by atoms with Gasteiger partial charge in [0.25, 0.3) is 0 Å². The second-order valence-corrected chi connectivity index (χ2v) is 11.1. The Balaban J connectivity index is 1.80. The molecule has 0 saturated heterocycles. The van der Waals surface area contributed by atoms with E-state index in [1.165, 1.54) is 44.7 Å². The Morgan fingerprint density at radius 1 is 1.12 bits per heavy atom. The molecule has 0 spiro atoms. The molecule has 0 aliphatic heterocycles. The van der Waals surface area contributed by atoms with Crippen LogP contribution in [0.1, 0.15) is 40.6 Å². The van der Waals surface area contributed by atoms with Crippen LogP contribution in [0, 0.1) is 0 Å². The van der Waals surface area contributed by atoms with Crippen LogP contribution >= 0.6 is 11.3 Å². The molecule has 33 heavy (non-hydrogen) atoms. The molecule has 2 aromatic rings. The molecule has 180 valence electrons. The maximum Gasteiger partial charge on any atom is 0.341 e. The van der Waals surface area contributed by atoms with Gasteiger partial charge in [0.05, 0.1) is 35.5 Å². The van der Waals surface area contributed by atoms with Gasteiger partial charge in [-0.2, -0.15) is 0 Å². The number of esters is 1. The van der Waals surface area contributed by atoms with E-state index in [-0.39, 0.29) is 17.3 Å². The van der Waals surface area contributed by atoms with Crippen molar-refractivity contribution in [3.8, 4) is 0 Å². The van der Waals surface area contributed by atoms with Crippen LogP contribution in [-0.2, 0) is 32.4 Å². The normalized spacial score (nSPS) is 13.4. The Labute approximate surface area is 198 Å². The maximum absolute atomic E-state index is 12.8. The highest BCUT2D eigenvalue weighted by atomic mass is 32.2. The van der Waals surface area contributed by atoms with Crippen LogP contribution in [0.4, 0.5) is 16.4 Å². The third-order valence-corrected chi connectivity index (χ3v) is 8.41. The third kappa shape index (κ3) is 5.48. The number of benzene rings is 1. The zero-order chi connectivity index (χ0) is 24.2. The summed E-state index contributed by atoms with van der Waals surface area (Å²) in [7, 11) is 0.642. The number of anilines is 3. The SMILES string of the molecule is CCNc1ccc(S(=O)(=O)N(C)C)cc1NCC(=O)Nc1sc2c(c1C(=O)OC)CCCC2. The van der Waals surface area contributed by atoms with E-state index in [4.69, 9.17) is 4.74 Å². The molecule has 9 nitrogen and oxygen atoms in total. The average molecular weight is 495 g/mol. The molecular weight excluding hydrogens is 464 g/mol. The second-order valence-electron chi connectivity index (χ2n) is 7.83. The van der Waals surface area contributed by atoms with E-state index < -0.39 is 16.0 Å². The van der Waals surface area contributed by atoms with Crippen LogP contribution in [0.5, 0.6) is 0 Å². The lowest BCUT2D eigenvalue weighted by Crippen LogP contribution is -2.24. The highest BCUT2D eigenvalue weighted by Crippen LogP contribution is 2.38. The van der Waals surface area contributed by atoms with E-state index in [1.54, 1.807) is 6.07 Å². The lowest BCUT2D eigenvalue weighted by Gasteiger charge is -2.17. The summed E-state index contributed by atoms with van der Waals surface area (Å²) in [5.41, 5.74) is 2.59. The molecule has 0 unspecified atom stereocenters. The first kappa shape index (κ1) is 25.0. The minimum Gasteiger partial charge on any atom is -0.465 e. The number of sulfonamides is 1. The van der Waals surface area contributed by atoms with Crippen molar-refractivity contribution < 1.29 is 22.7 Å². The number of thiophene rings is 1. The van der Waals surface area contributed by atoms with Crippen LogP contribution in [-0.4, -0.2) is 58.9 Å². The maximum atomic E-state index is 12.8. The smallest absolute Gasteiger partial charge is 0.341 e. The van der Waals surface area contributed by atoms with Crippen LogP contribution in [0.15, 0.2) is 23.1 Å². The van der Waals surface area contributed by atoms with Gasteiger partial charge in [-0.3, -0.25) is 4.79 Å². The lowest BCUT2D eigenvalue weighted by atomic mass is 9.95. The van der Waals surface area contributed by atoms with E-state index in [1.807, 2.05) is 6.92 Å². The predicted molar refractivity (Wildman–Crippen MR) is 131 cm³/mol. The number of carbonyl (C=O) groups excluding carboxylic acids is 2. The van der Waals surface area contributed by atoms with Crippen molar-refractivity contribution in [3.05, 3.63) is 34.2 Å². The van der Waals surface area contributed by atoms with Gasteiger partial charge in [0.15, 0.2) is 0 Å². The first-order chi connectivity index (χ1) is 15.7. The van der Waals surface area contributed by atoms with Gasteiger partial charge in [-0.05, 0) is 56.4 Å². The minimum absolute atomic E-state index is 0.104. The van der Waals surface area contributed by atoms with Crippen molar-refractivity contribution >= 4 is 49.6 Å². The summed E-state index contributed by atoms with van der Waals surface area (Å²) >= 11 is 1.42. The largest absolute Gasteiger partial charge is 0.465 e. The molecule has 3 rings (SSSR count). The zero-order valence-electron chi connectivity index (χ0n) is 19.3. The molecule has 1 aromatic heterocycles. The third-order valence-electron chi connectivity index (χ3n) is 5.39. The van der Waals surface area contributed by atoms with Gasteiger partial charge in [0, 0.05) is 25.5 Å². The Morgan fingerprint density at radius 3 is 2.52 bits per heavy atom. The highest BCUT2D eigenvalue weighted by molar-refractivity contribution is 7.89. The Morgan fingerprint density at radius 2 is 1.85 bits per heavy atom. The average Bonchev–Trinajstić information content (AvgIpc) is 3.15. The summed E-state index contributed by atoms with van der Waals surface area (Å²) in [5, 5.41) is 9.52. The quantitative estimate of drug-likeness (QED) is 0.459. The Kier molecular flexibility index (Phi) is 7.98. The van der Waals surface area contributed by atoms with Crippen LogP contribution < -0.4 is 16.0 Å². The fourth-order valence-corrected chi connectivity index (χ4v) is 5.93. The van der Waals surface area contributed by atoms with Crippen molar-refractivity contribution in [3.63, 3.8) is 0 Å². The number of carbonyl (C=O) groups is 2. The van der Waals surface area contributed by atoms with Gasteiger partial charge in [-0.15, -0.1) is 11.3 Å². The van der Waals surface area contributed by atoms with Crippen molar-refractivity contribution in [1.82, 2.24) is 4.31 Å². The fourth-order valence-electron chi connectivity index (χ4n) is 3.70. The van der Waals surface area contributed by atoms with E-state index in [0.29, 0.717) is 28.5 Å². The minimum atomic E-state index is -3.62. The molecule has 0 fully saturated rings. The molecule has 1 aromatic carbocycles. The van der Waals surface area contributed by atoms with E-state index >= 15 is 0 Å². The van der Waals surface area contributed by atoms with Gasteiger partial charge < -0.3 is 20.7 Å². The molecule has 1 amide bonds. The number of ether oxygens (including phenoxy) is 1. The number of amides is 1. The highest BCUT2D eigenvalue weighted by Gasteiger charge is 2.27. The van der Waals surface area contributed by atoms with Crippen molar-refractivity contribution in [2.75, 3.05) is 50.2 Å². The summed E-state index contributed by atoms with van der Waals surface area (Å²) in [5.74, 6) is -0.796. The number of fused-ring (bicyclic) bond motifs is 1. The fraction of sp³-hybridized carbons (Fsp3) is 0.455. The molecule has 0 bridgehead atoms. The van der Waals surface area contributed by atoms with E-state index in [9.17, 15) is 18.0 Å². The van der Waals surface area contributed by atoms with E-state index in [2.05, 4.69) is 16.0 Å². The van der Waals surface area contributed by atoms with E-state index in [0.717, 1.165) is 40.4 Å². The Hall–Kier alpha value is -2.63. The van der Waals surface area contributed by atoms with Crippen LogP contribution in [0.2, 0.25) is 0 Å². The number of hydrogen-bond acceptors (Lipinski definition) is 8. The molecule has 0 radical (unpaired) electrons. The summed E-state index contributed by atoms with van der Waals surface area (Å²) in [6, 6.07) is 4.70. The summed E-state index contributed by atoms with van der Waals surface area (Å²) in [4.78, 5) is 26.4. The molecule has 0 atom stereocenters. The molecule has 1 aliphatic rings. The van der Waals surface area contributed by atoms with Crippen molar-refractivity contribution in [2.24, 2.45) is 0 Å². The van der Waals surface area contributed by atoms with Gasteiger partial charge >= 0.3 is 5.97 Å². The van der Waals surface area contributed by atoms with Crippen LogP contribution in [0.3, 0.4) is 0 Å². The number of hydrogen-bond donors (Lipinski definition) is 3. The number of aryl methyl sites for hydroxylation is 1. The van der Waals surface area contributed by atoms with Gasteiger partial charge in [-0.25, -0.2) is 17.5 Å². The number of rotatable bonds is 9. The molecular formula is C22H30N4O5S2. The summed E-state index contributed by atoms with van der Waals surface area (Å²) < 4.78 is 31.1. The molecule has 3 N–H and O–H groups in total. The number of nitrogens with one attached hydrogen (secondary N) is 3. The summed E-state index contributed by atoms with van der Waals surface area (Å²) in [6.07, 6.45) is 3.74. The molecule has 1 heterocycles. The first-order valence-corrected chi connectivity index (χ1v) is 13.0. The predicted octanol–water partition coefficient (Wildman–Crippen LogP) is 3.15. The first-order valence-electron chi connectivity index (χ1n) is 10.8. The number of nitrogens with zero attached hydrogens (tertiary/aromatic N) is 1. The monoisotopic (exact) mass is 494 g/mol. The lowest BCUT2D eigenvalue weighted by molar-refractivity contribution is -0.114.